The molecule has 5 nitrogen and oxygen atoms in total. The lowest BCUT2D eigenvalue weighted by Crippen LogP contribution is -2.45. The van der Waals surface area contributed by atoms with Gasteiger partial charge in [-0.05, 0) is 19.1 Å². The molecule has 0 fully saturated rings. The van der Waals surface area contributed by atoms with Crippen molar-refractivity contribution >= 4 is 50.5 Å². The van der Waals surface area contributed by atoms with E-state index < -0.39 is 25.9 Å². The second kappa shape index (κ2) is 6.86. The lowest BCUT2D eigenvalue weighted by Gasteiger charge is -2.27. The van der Waals surface area contributed by atoms with Crippen LogP contribution in [0.15, 0.2) is 36.5 Å². The fraction of sp³-hybridized carbons (Fsp3) is 0.308. The number of aromatic nitrogens is 2. The third-order valence-corrected chi connectivity index (χ3v) is 4.92. The van der Waals surface area contributed by atoms with Gasteiger partial charge in [0.15, 0.2) is 0 Å². The first kappa shape index (κ1) is 20.2. The maximum Gasteiger partial charge on any atom is 0.516 e. The number of halogens is 6. The molecular weight excluding hydrogens is 426 g/mol. The lowest BCUT2D eigenvalue weighted by atomic mass is 10.3. The molecule has 2 rings (SSSR count). The molecule has 0 aliphatic carbocycles. The first-order valence-electron chi connectivity index (χ1n) is 6.60. The smallest absolute Gasteiger partial charge is 0.255 e. The van der Waals surface area contributed by atoms with E-state index in [1.807, 2.05) is 0 Å². The average Bonchev–Trinajstić information content (AvgIpc) is 2.85. The molecule has 0 unspecified atom stereocenters. The SMILES string of the molecule is Cc1nn(-c2ccccc2)cc1N(CC(Cl)(Cl)Cl)S(=O)(=O)C(F)(F)F. The van der Waals surface area contributed by atoms with E-state index in [0.717, 1.165) is 6.20 Å². The standard InChI is InChI=1S/C13H11Cl3F3N3O2S/c1-9-11(7-21(20-9)10-5-3-2-4-6-10)22(8-12(14,15)16)25(23,24)13(17,18)19/h2-7H,8H2,1H3. The summed E-state index contributed by atoms with van der Waals surface area (Å²) in [6.07, 6.45) is 1.13. The number of alkyl halides is 6. The van der Waals surface area contributed by atoms with E-state index in [-0.39, 0.29) is 15.7 Å². The molecule has 0 aliphatic rings. The van der Waals surface area contributed by atoms with Gasteiger partial charge >= 0.3 is 15.5 Å². The van der Waals surface area contributed by atoms with E-state index in [4.69, 9.17) is 34.8 Å². The molecule has 0 saturated heterocycles. The number of para-hydroxylation sites is 1. The van der Waals surface area contributed by atoms with E-state index >= 15 is 0 Å². The number of hydrogen-bond donors (Lipinski definition) is 0. The van der Waals surface area contributed by atoms with Crippen LogP contribution in [0, 0.1) is 6.92 Å². The minimum Gasteiger partial charge on any atom is -0.255 e. The Labute approximate surface area is 156 Å². The van der Waals surface area contributed by atoms with Crippen molar-refractivity contribution in [2.24, 2.45) is 0 Å². The maximum absolute atomic E-state index is 13.0. The Morgan fingerprint density at radius 3 is 2.20 bits per heavy atom. The predicted octanol–water partition coefficient (Wildman–Crippen LogP) is 4.21. The van der Waals surface area contributed by atoms with Crippen LogP contribution in [0.25, 0.3) is 5.69 Å². The molecule has 1 aromatic heterocycles. The Morgan fingerprint density at radius 2 is 1.72 bits per heavy atom. The van der Waals surface area contributed by atoms with E-state index in [0.29, 0.717) is 5.69 Å². The van der Waals surface area contributed by atoms with E-state index in [2.05, 4.69) is 5.10 Å². The number of sulfonamides is 1. The summed E-state index contributed by atoms with van der Waals surface area (Å²) < 4.78 is 61.9. The van der Waals surface area contributed by atoms with E-state index in [1.54, 1.807) is 30.3 Å². The zero-order chi connectivity index (χ0) is 19.0. The summed E-state index contributed by atoms with van der Waals surface area (Å²) in [7, 11) is -5.79. The Hall–Kier alpha value is -1.16. The van der Waals surface area contributed by atoms with Crippen molar-refractivity contribution < 1.29 is 21.6 Å². The quantitative estimate of drug-likeness (QED) is 0.675. The Bertz CT molecular complexity index is 849. The van der Waals surface area contributed by atoms with Crippen LogP contribution < -0.4 is 4.31 Å². The third-order valence-electron chi connectivity index (χ3n) is 3.07. The van der Waals surface area contributed by atoms with Crippen LogP contribution in [-0.4, -0.2) is 34.0 Å². The summed E-state index contributed by atoms with van der Waals surface area (Å²) in [5.41, 5.74) is -5.36. The van der Waals surface area contributed by atoms with Crippen LogP contribution in [0.4, 0.5) is 18.9 Å². The lowest BCUT2D eigenvalue weighted by molar-refractivity contribution is -0.0438. The summed E-state index contributed by atoms with van der Waals surface area (Å²) in [5, 5.41) is 4.04. The molecule has 0 amide bonds. The minimum atomic E-state index is -5.79. The van der Waals surface area contributed by atoms with Gasteiger partial charge in [0.05, 0.1) is 29.8 Å². The fourth-order valence-electron chi connectivity index (χ4n) is 2.00. The highest BCUT2D eigenvalue weighted by Gasteiger charge is 2.52. The molecule has 12 heteroatoms. The highest BCUT2D eigenvalue weighted by molar-refractivity contribution is 7.93. The van der Waals surface area contributed by atoms with Crippen molar-refractivity contribution in [3.05, 3.63) is 42.2 Å². The van der Waals surface area contributed by atoms with Gasteiger partial charge in [-0.1, -0.05) is 53.0 Å². The van der Waals surface area contributed by atoms with Crippen molar-refractivity contribution in [2.75, 3.05) is 10.8 Å². The molecule has 1 heterocycles. The number of hydrogen-bond acceptors (Lipinski definition) is 3. The van der Waals surface area contributed by atoms with Gasteiger partial charge in [-0.15, -0.1) is 0 Å². The Kier molecular flexibility index (Phi) is 5.53. The number of nitrogens with zero attached hydrogens (tertiary/aromatic N) is 3. The second-order valence-corrected chi connectivity index (χ2v) is 9.32. The molecule has 0 N–H and O–H groups in total. The zero-order valence-electron chi connectivity index (χ0n) is 12.5. The van der Waals surface area contributed by atoms with Gasteiger partial charge in [0.1, 0.15) is 0 Å². The number of anilines is 1. The summed E-state index contributed by atoms with van der Waals surface area (Å²) >= 11 is 16.6. The highest BCUT2D eigenvalue weighted by atomic mass is 35.6. The summed E-state index contributed by atoms with van der Waals surface area (Å²) in [4.78, 5) is 0. The van der Waals surface area contributed by atoms with Crippen LogP contribution in [0.1, 0.15) is 5.69 Å². The maximum atomic E-state index is 13.0. The minimum absolute atomic E-state index is 0.00176. The number of benzene rings is 1. The molecule has 0 bridgehead atoms. The summed E-state index contributed by atoms with van der Waals surface area (Å²) in [6.45, 7) is 0.326. The first-order chi connectivity index (χ1) is 11.3. The second-order valence-electron chi connectivity index (χ2n) is 4.95. The Morgan fingerprint density at radius 1 is 1.16 bits per heavy atom. The average molecular weight is 437 g/mol. The van der Waals surface area contributed by atoms with Crippen molar-refractivity contribution in [2.45, 2.75) is 16.2 Å². The molecule has 25 heavy (non-hydrogen) atoms. The van der Waals surface area contributed by atoms with Gasteiger partial charge in [-0.2, -0.15) is 26.7 Å². The molecule has 0 spiro atoms. The van der Waals surface area contributed by atoms with Gasteiger partial charge < -0.3 is 0 Å². The zero-order valence-corrected chi connectivity index (χ0v) is 15.6. The van der Waals surface area contributed by atoms with E-state index in [9.17, 15) is 21.6 Å². The van der Waals surface area contributed by atoms with Gasteiger partial charge in [0.25, 0.3) is 0 Å². The third kappa shape index (κ3) is 4.52. The van der Waals surface area contributed by atoms with Crippen molar-refractivity contribution in [1.29, 1.82) is 0 Å². The van der Waals surface area contributed by atoms with Crippen molar-refractivity contribution in [1.82, 2.24) is 9.78 Å². The van der Waals surface area contributed by atoms with Gasteiger partial charge in [0.2, 0.25) is 3.79 Å². The topological polar surface area (TPSA) is 55.2 Å². The summed E-state index contributed by atoms with van der Waals surface area (Å²) in [5.74, 6) is 0. The van der Waals surface area contributed by atoms with Gasteiger partial charge in [-0.3, -0.25) is 4.31 Å². The first-order valence-corrected chi connectivity index (χ1v) is 9.18. The van der Waals surface area contributed by atoms with Crippen LogP contribution in [0.2, 0.25) is 0 Å². The molecule has 138 valence electrons. The van der Waals surface area contributed by atoms with Gasteiger partial charge in [0, 0.05) is 0 Å². The molecule has 2 aromatic rings. The monoisotopic (exact) mass is 435 g/mol. The van der Waals surface area contributed by atoms with Crippen LogP contribution in [-0.2, 0) is 10.0 Å². The molecule has 0 radical (unpaired) electrons. The predicted molar refractivity (Wildman–Crippen MR) is 90.9 cm³/mol. The molecule has 0 atom stereocenters. The number of aryl methyl sites for hydroxylation is 1. The molecule has 1 aromatic carbocycles. The largest absolute Gasteiger partial charge is 0.516 e. The van der Waals surface area contributed by atoms with Gasteiger partial charge in [-0.25, -0.2) is 4.68 Å². The highest BCUT2D eigenvalue weighted by Crippen LogP contribution is 2.37. The summed E-state index contributed by atoms with van der Waals surface area (Å²) in [6, 6.07) is 8.42. The molecule has 0 aliphatic heterocycles. The van der Waals surface area contributed by atoms with E-state index in [1.165, 1.54) is 11.6 Å². The normalized spacial score (nSPS) is 13.1. The van der Waals surface area contributed by atoms with Crippen molar-refractivity contribution in [3.63, 3.8) is 0 Å². The molecule has 0 saturated carbocycles. The Balaban J connectivity index is 2.58. The number of rotatable bonds is 4. The fourth-order valence-corrected chi connectivity index (χ4v) is 3.62. The van der Waals surface area contributed by atoms with Crippen LogP contribution >= 0.6 is 34.8 Å². The van der Waals surface area contributed by atoms with Crippen LogP contribution in [0.5, 0.6) is 0 Å². The van der Waals surface area contributed by atoms with Crippen molar-refractivity contribution in [3.8, 4) is 5.69 Å². The van der Waals surface area contributed by atoms with Crippen LogP contribution in [0.3, 0.4) is 0 Å². The molecular formula is C13H11Cl3F3N3O2S.